The number of amides is 4. The lowest BCUT2D eigenvalue weighted by molar-refractivity contribution is -0.130. The summed E-state index contributed by atoms with van der Waals surface area (Å²) in [5, 5.41) is 5.66. The van der Waals surface area contributed by atoms with E-state index in [1.807, 2.05) is 79.7 Å². The van der Waals surface area contributed by atoms with Crippen LogP contribution in [0.15, 0.2) is 84.9 Å². The van der Waals surface area contributed by atoms with Crippen LogP contribution in [0.5, 0.6) is 0 Å². The number of para-hydroxylation sites is 1. The van der Waals surface area contributed by atoms with Crippen LogP contribution in [-0.4, -0.2) is 48.4 Å². The van der Waals surface area contributed by atoms with Crippen molar-refractivity contribution in [2.24, 2.45) is 0 Å². The Hall–Kier alpha value is -4.39. The van der Waals surface area contributed by atoms with Crippen LogP contribution in [-0.2, 0) is 9.59 Å². The first-order valence-corrected chi connectivity index (χ1v) is 12.6. The maximum Gasteiger partial charge on any atom is 0.320 e. The van der Waals surface area contributed by atoms with Crippen molar-refractivity contribution in [2.45, 2.75) is 25.8 Å². The smallest absolute Gasteiger partial charge is 0.320 e. The molecule has 188 valence electrons. The zero-order valence-corrected chi connectivity index (χ0v) is 20.8. The maximum atomic E-state index is 13.9. The Bertz CT molecular complexity index is 1350. The van der Waals surface area contributed by atoms with Crippen LogP contribution in [0.1, 0.15) is 29.5 Å². The third-order valence-electron chi connectivity index (χ3n) is 6.75. The van der Waals surface area contributed by atoms with Gasteiger partial charge in [-0.05, 0) is 60.7 Å². The topological polar surface area (TPSA) is 81.8 Å². The molecule has 0 saturated carbocycles. The highest BCUT2D eigenvalue weighted by Gasteiger charge is 2.34. The average Bonchev–Trinajstić information content (AvgIpc) is 3.42. The van der Waals surface area contributed by atoms with E-state index in [-0.39, 0.29) is 18.4 Å². The molecule has 2 aliphatic heterocycles. The molecule has 7 heteroatoms. The number of nitrogens with zero attached hydrogens (tertiary/aromatic N) is 2. The van der Waals surface area contributed by atoms with E-state index in [1.54, 1.807) is 17.0 Å². The summed E-state index contributed by atoms with van der Waals surface area (Å²) >= 11 is 0. The van der Waals surface area contributed by atoms with Crippen LogP contribution in [0.25, 0.3) is 5.57 Å². The number of hydrogen-bond donors (Lipinski definition) is 2. The van der Waals surface area contributed by atoms with Gasteiger partial charge in [0.25, 0.3) is 5.91 Å². The molecular weight excluding hydrogens is 464 g/mol. The van der Waals surface area contributed by atoms with E-state index in [4.69, 9.17) is 0 Å². The van der Waals surface area contributed by atoms with Gasteiger partial charge >= 0.3 is 6.03 Å². The van der Waals surface area contributed by atoms with Gasteiger partial charge in [0.05, 0.1) is 5.69 Å². The summed E-state index contributed by atoms with van der Waals surface area (Å²) in [4.78, 5) is 43.4. The highest BCUT2D eigenvalue weighted by Crippen LogP contribution is 2.35. The van der Waals surface area contributed by atoms with Gasteiger partial charge in [0.2, 0.25) is 5.91 Å². The lowest BCUT2D eigenvalue weighted by atomic mass is 9.95. The SMILES string of the molecule is Cc1cccc(NC(=O)NC2C=C(c3ccccc3)c3ccccc3N(CC(=O)N3CCCC3)C2=O)c1. The Morgan fingerprint density at radius 2 is 1.65 bits per heavy atom. The monoisotopic (exact) mass is 494 g/mol. The van der Waals surface area contributed by atoms with Crippen LogP contribution >= 0.6 is 0 Å². The van der Waals surface area contributed by atoms with E-state index in [0.29, 0.717) is 24.5 Å². The van der Waals surface area contributed by atoms with Crippen molar-refractivity contribution in [1.82, 2.24) is 10.2 Å². The molecule has 3 aromatic carbocycles. The molecule has 0 aliphatic carbocycles. The molecule has 0 bridgehead atoms. The number of carbonyl (C=O) groups is 3. The molecule has 7 nitrogen and oxygen atoms in total. The fourth-order valence-corrected chi connectivity index (χ4v) is 4.92. The van der Waals surface area contributed by atoms with E-state index in [9.17, 15) is 14.4 Å². The van der Waals surface area contributed by atoms with Crippen molar-refractivity contribution >= 4 is 34.8 Å². The molecule has 5 rings (SSSR count). The third kappa shape index (κ3) is 5.40. The van der Waals surface area contributed by atoms with Gasteiger partial charge in [0, 0.05) is 24.3 Å². The molecule has 1 unspecified atom stereocenters. The molecule has 0 radical (unpaired) electrons. The van der Waals surface area contributed by atoms with Gasteiger partial charge in [0.15, 0.2) is 0 Å². The molecule has 1 saturated heterocycles. The molecular formula is C30H30N4O3. The van der Waals surface area contributed by atoms with Gasteiger partial charge in [-0.1, -0.05) is 60.7 Å². The third-order valence-corrected chi connectivity index (χ3v) is 6.75. The first-order chi connectivity index (χ1) is 18.0. The summed E-state index contributed by atoms with van der Waals surface area (Å²) in [5.74, 6) is -0.447. The zero-order chi connectivity index (χ0) is 25.8. The Morgan fingerprint density at radius 1 is 0.919 bits per heavy atom. The number of aryl methyl sites for hydroxylation is 1. The van der Waals surface area contributed by atoms with Crippen molar-refractivity contribution in [1.29, 1.82) is 0 Å². The molecule has 0 aromatic heterocycles. The zero-order valence-electron chi connectivity index (χ0n) is 20.8. The predicted molar refractivity (Wildman–Crippen MR) is 145 cm³/mol. The molecule has 0 spiro atoms. The molecule has 2 N–H and O–H groups in total. The number of nitrogens with one attached hydrogen (secondary N) is 2. The second kappa shape index (κ2) is 10.7. The van der Waals surface area contributed by atoms with Gasteiger partial charge in [0.1, 0.15) is 12.6 Å². The number of carbonyl (C=O) groups excluding carboxylic acids is 3. The van der Waals surface area contributed by atoms with Crippen molar-refractivity contribution in [2.75, 3.05) is 29.9 Å². The number of hydrogen-bond acceptors (Lipinski definition) is 3. The van der Waals surface area contributed by atoms with Crippen molar-refractivity contribution in [3.8, 4) is 0 Å². The summed E-state index contributed by atoms with van der Waals surface area (Å²) in [7, 11) is 0. The van der Waals surface area contributed by atoms with Crippen LogP contribution < -0.4 is 15.5 Å². The highest BCUT2D eigenvalue weighted by atomic mass is 16.2. The predicted octanol–water partition coefficient (Wildman–Crippen LogP) is 4.59. The normalized spacial score (nSPS) is 17.1. The number of fused-ring (bicyclic) bond motifs is 1. The number of urea groups is 1. The Balaban J connectivity index is 1.51. The number of benzene rings is 3. The highest BCUT2D eigenvalue weighted by molar-refractivity contribution is 6.09. The van der Waals surface area contributed by atoms with Gasteiger partial charge in [-0.15, -0.1) is 0 Å². The van der Waals surface area contributed by atoms with Crippen molar-refractivity contribution < 1.29 is 14.4 Å². The van der Waals surface area contributed by atoms with E-state index in [2.05, 4.69) is 10.6 Å². The fraction of sp³-hybridized carbons (Fsp3) is 0.233. The van der Waals surface area contributed by atoms with E-state index in [1.165, 1.54) is 4.90 Å². The standard InChI is InChI=1S/C30H30N4O3/c1-21-10-9-13-23(18-21)31-30(37)32-26-19-25(22-11-3-2-4-12-22)24-14-5-6-15-27(24)34(29(26)36)20-28(35)33-16-7-8-17-33/h2-6,9-15,18-19,26H,7-8,16-17,20H2,1H3,(H2,31,32,37). The lowest BCUT2D eigenvalue weighted by Gasteiger charge is -2.27. The maximum absolute atomic E-state index is 13.9. The van der Waals surface area contributed by atoms with E-state index < -0.39 is 12.1 Å². The number of anilines is 2. The van der Waals surface area contributed by atoms with Crippen molar-refractivity contribution in [3.63, 3.8) is 0 Å². The summed E-state index contributed by atoms with van der Waals surface area (Å²) in [6.45, 7) is 3.27. The summed E-state index contributed by atoms with van der Waals surface area (Å²) in [5.41, 5.74) is 4.87. The molecule has 3 aromatic rings. The lowest BCUT2D eigenvalue weighted by Crippen LogP contribution is -2.51. The summed E-state index contributed by atoms with van der Waals surface area (Å²) in [6, 6.07) is 23.3. The Labute approximate surface area is 216 Å². The van der Waals surface area contributed by atoms with Crippen LogP contribution in [0, 0.1) is 6.92 Å². The second-order valence-corrected chi connectivity index (χ2v) is 9.42. The summed E-state index contributed by atoms with van der Waals surface area (Å²) < 4.78 is 0. The number of rotatable bonds is 5. The largest absolute Gasteiger partial charge is 0.341 e. The first-order valence-electron chi connectivity index (χ1n) is 12.6. The average molecular weight is 495 g/mol. The minimum atomic E-state index is -0.973. The quantitative estimate of drug-likeness (QED) is 0.545. The Morgan fingerprint density at radius 3 is 2.41 bits per heavy atom. The first kappa shape index (κ1) is 24.3. The fourth-order valence-electron chi connectivity index (χ4n) is 4.92. The minimum Gasteiger partial charge on any atom is -0.341 e. The van der Waals surface area contributed by atoms with Gasteiger partial charge in [-0.25, -0.2) is 4.79 Å². The molecule has 4 amide bonds. The molecule has 2 heterocycles. The van der Waals surface area contributed by atoms with Crippen LogP contribution in [0.2, 0.25) is 0 Å². The van der Waals surface area contributed by atoms with Crippen LogP contribution in [0.3, 0.4) is 0 Å². The second-order valence-electron chi connectivity index (χ2n) is 9.42. The van der Waals surface area contributed by atoms with E-state index >= 15 is 0 Å². The molecule has 2 aliphatic rings. The molecule has 1 fully saturated rings. The summed E-state index contributed by atoms with van der Waals surface area (Å²) in [6.07, 6.45) is 3.73. The Kier molecular flexibility index (Phi) is 7.03. The van der Waals surface area contributed by atoms with Gasteiger partial charge in [-0.2, -0.15) is 0 Å². The number of likely N-dealkylation sites (tertiary alicyclic amines) is 1. The van der Waals surface area contributed by atoms with Gasteiger partial charge in [-0.3, -0.25) is 9.59 Å². The molecule has 1 atom stereocenters. The van der Waals surface area contributed by atoms with Crippen molar-refractivity contribution in [3.05, 3.63) is 102 Å². The van der Waals surface area contributed by atoms with E-state index in [0.717, 1.165) is 35.1 Å². The minimum absolute atomic E-state index is 0.0799. The van der Waals surface area contributed by atoms with Gasteiger partial charge < -0.3 is 20.4 Å². The molecule has 37 heavy (non-hydrogen) atoms. The van der Waals surface area contributed by atoms with Crippen LogP contribution in [0.4, 0.5) is 16.2 Å².